The molecule has 0 radical (unpaired) electrons. The van der Waals surface area contributed by atoms with E-state index in [4.69, 9.17) is 4.74 Å². The summed E-state index contributed by atoms with van der Waals surface area (Å²) >= 11 is 1.47. The maximum Gasteiger partial charge on any atom is 0.273 e. The monoisotopic (exact) mass is 1070 g/mol. The van der Waals surface area contributed by atoms with Crippen molar-refractivity contribution in [1.29, 1.82) is 0 Å². The predicted octanol–water partition coefficient (Wildman–Crippen LogP) is 3.40. The number of likely N-dealkylation sites (tertiary alicyclic amines) is 1. The summed E-state index contributed by atoms with van der Waals surface area (Å²) in [5.74, 6) is -3.37. The fraction of sp³-hybridized carbons (Fsp3) is 0.451. The highest BCUT2D eigenvalue weighted by Gasteiger charge is 2.53. The number of anilines is 3. The molecule has 2 aromatic carbocycles. The van der Waals surface area contributed by atoms with Crippen LogP contribution in [0.3, 0.4) is 0 Å². The van der Waals surface area contributed by atoms with Crippen molar-refractivity contribution < 1.29 is 47.8 Å². The Hall–Kier alpha value is -7.93. The van der Waals surface area contributed by atoms with Gasteiger partial charge in [0, 0.05) is 46.1 Å². The molecule has 2 fully saturated rings. The number of amides is 7. The Bertz CT molecular complexity index is 2960. The maximum atomic E-state index is 14.8. The molecule has 5 aromatic rings. The molecule has 23 nitrogen and oxygen atoms in total. The number of hydrogen-bond donors (Lipinski definition) is 8. The van der Waals surface area contributed by atoms with Crippen molar-refractivity contribution in [2.45, 2.75) is 103 Å². The second kappa shape index (κ2) is 24.2. The van der Waals surface area contributed by atoms with Crippen LogP contribution in [0.1, 0.15) is 93.5 Å². The first-order chi connectivity index (χ1) is 36.2. The summed E-state index contributed by atoms with van der Waals surface area (Å²) in [7, 11) is 4.65. The number of nitrogens with one attached hydrogen (secondary N) is 7. The topological polar surface area (TPSA) is 306 Å². The van der Waals surface area contributed by atoms with Crippen molar-refractivity contribution in [1.82, 2.24) is 61.4 Å². The third-order valence-electron chi connectivity index (χ3n) is 12.8. The Morgan fingerprint density at radius 1 is 0.947 bits per heavy atom. The number of aliphatic hydroxyl groups is 1. The minimum absolute atomic E-state index is 0.0101. The molecule has 8 N–H and O–H groups in total. The average molecular weight is 1070 g/mol. The van der Waals surface area contributed by atoms with Gasteiger partial charge in [-0.3, -0.25) is 38.2 Å². The van der Waals surface area contributed by atoms with Gasteiger partial charge in [-0.1, -0.05) is 51.1 Å². The minimum atomic E-state index is -2.04. The quantitative estimate of drug-likeness (QED) is 0.0461. The van der Waals surface area contributed by atoms with E-state index >= 15 is 0 Å². The van der Waals surface area contributed by atoms with E-state index in [1.54, 1.807) is 74.7 Å². The van der Waals surface area contributed by atoms with Crippen molar-refractivity contribution in [3.05, 3.63) is 77.3 Å². The molecule has 1 saturated heterocycles. The molecule has 4 atom stereocenters. The number of benzene rings is 2. The van der Waals surface area contributed by atoms with Gasteiger partial charge in [0.2, 0.25) is 29.5 Å². The summed E-state index contributed by atoms with van der Waals surface area (Å²) in [4.78, 5) is 104. The van der Waals surface area contributed by atoms with Gasteiger partial charge in [0.1, 0.15) is 18.4 Å². The zero-order chi connectivity index (χ0) is 54.9. The van der Waals surface area contributed by atoms with E-state index in [0.717, 1.165) is 16.1 Å². The Kier molecular flexibility index (Phi) is 17.7. The van der Waals surface area contributed by atoms with Crippen molar-refractivity contribution in [3.8, 4) is 27.6 Å². The number of ether oxygens (including phenoxy) is 1. The van der Waals surface area contributed by atoms with Crippen LogP contribution in [-0.2, 0) is 35.8 Å². The number of methoxy groups -OCH3 is 1. The van der Waals surface area contributed by atoms with E-state index in [0.29, 0.717) is 41.2 Å². The molecule has 1 aliphatic heterocycles. The molecule has 1 aliphatic carbocycles. The van der Waals surface area contributed by atoms with Gasteiger partial charge in [-0.25, -0.2) is 14.4 Å². The molecule has 25 heteroatoms. The number of para-hydroxylation sites is 1. The number of carbonyl (C=O) groups excluding carboxylic acids is 7. The standard InChI is InChI=1S/C51H63FN14O9S/c1-28-43(76-27-57-28)30-16-14-29(15-17-30)34(59-46(71)36-21-31(67)25-66(36)48(73)44(50(2,3)4)61-49(74)51(52)18-19-51)23-39(69)54-20-9-8-13-38(68)55-24-40(70)60-37-22-35(41(63-62-37)47(72)53-5)58-33-12-10-11-32(42(33)75-7)45-56-26-65(6)64-45/h10-12,14-17,22,26-27,31,34,36,44,67H,8-9,13,18-21,23-25H2,1-7H3,(H,53,72)(H,54,69)(H,55,68)(H,59,71)(H,61,74)(H2,58,60,62,70)/t31-,34+,36+,44-/m1/s1. The highest BCUT2D eigenvalue weighted by atomic mass is 32.1. The SMILES string of the molecule is CNC(=O)c1nnc(NC(=O)CNC(=O)CCCCNC(=O)C[C@H](NC(=O)[C@@H]2C[C@@H](O)CN2C(=O)[C@@H](NC(=O)C2(F)CC2)C(C)(C)C)c2ccc(-c3scnc3C)cc2)cc1Nc1cccc(-c2ncn(C)n2)c1OC. The van der Waals surface area contributed by atoms with Crippen molar-refractivity contribution >= 4 is 69.9 Å². The molecular formula is C51H63FN14O9S. The number of carbonyl (C=O) groups is 7. The first-order valence-electron chi connectivity index (χ1n) is 24.7. The largest absolute Gasteiger partial charge is 0.494 e. The zero-order valence-electron chi connectivity index (χ0n) is 43.3. The summed E-state index contributed by atoms with van der Waals surface area (Å²) in [6, 6.07) is 10.7. The van der Waals surface area contributed by atoms with Gasteiger partial charge in [-0.05, 0) is 61.3 Å². The van der Waals surface area contributed by atoms with Crippen LogP contribution in [0.5, 0.6) is 5.75 Å². The number of alkyl halides is 1. The molecule has 7 rings (SSSR count). The van der Waals surface area contributed by atoms with Gasteiger partial charge >= 0.3 is 0 Å². The molecule has 0 bridgehead atoms. The van der Waals surface area contributed by atoms with Crippen LogP contribution in [0, 0.1) is 12.3 Å². The Morgan fingerprint density at radius 2 is 1.70 bits per heavy atom. The molecule has 1 saturated carbocycles. The number of aromatic nitrogens is 6. The van der Waals surface area contributed by atoms with E-state index in [-0.39, 0.29) is 62.4 Å². The Balaban J connectivity index is 0.919. The number of hydrogen-bond acceptors (Lipinski definition) is 16. The number of aryl methyl sites for hydroxylation is 2. The van der Waals surface area contributed by atoms with E-state index in [9.17, 15) is 43.1 Å². The first-order valence-corrected chi connectivity index (χ1v) is 25.6. The third kappa shape index (κ3) is 13.9. The molecule has 404 valence electrons. The van der Waals surface area contributed by atoms with Gasteiger partial charge in [0.05, 0.1) is 65.2 Å². The van der Waals surface area contributed by atoms with E-state index in [2.05, 4.69) is 62.5 Å². The van der Waals surface area contributed by atoms with Gasteiger partial charge in [-0.2, -0.15) is 5.10 Å². The molecule has 2 aliphatic rings. The Morgan fingerprint density at radius 3 is 2.34 bits per heavy atom. The average Bonchev–Trinajstić information content (AvgIpc) is 3.64. The van der Waals surface area contributed by atoms with Crippen LogP contribution in [0.25, 0.3) is 21.8 Å². The molecule has 3 aromatic heterocycles. The van der Waals surface area contributed by atoms with Gasteiger partial charge < -0.3 is 52.0 Å². The number of thiazole rings is 1. The normalized spacial score (nSPS) is 16.4. The molecule has 0 spiro atoms. The summed E-state index contributed by atoms with van der Waals surface area (Å²) in [5.41, 5.74) is 2.30. The van der Waals surface area contributed by atoms with E-state index in [1.165, 1.54) is 36.5 Å². The summed E-state index contributed by atoms with van der Waals surface area (Å²) in [5, 5.41) is 42.3. The van der Waals surface area contributed by atoms with E-state index < -0.39 is 83.2 Å². The second-order valence-corrected chi connectivity index (χ2v) is 20.6. The fourth-order valence-corrected chi connectivity index (χ4v) is 9.32. The number of nitrogens with zero attached hydrogens (tertiary/aromatic N) is 7. The number of rotatable bonds is 22. The summed E-state index contributed by atoms with van der Waals surface area (Å²) in [6.45, 7) is 6.63. The van der Waals surface area contributed by atoms with Crippen molar-refractivity contribution in [3.63, 3.8) is 0 Å². The number of β-amino-alcohol motifs (C(OH)–C–C–N with tert-alkyl or cyclic N) is 1. The fourth-order valence-electron chi connectivity index (χ4n) is 8.51. The lowest BCUT2D eigenvalue weighted by molar-refractivity contribution is -0.145. The lowest BCUT2D eigenvalue weighted by Gasteiger charge is -2.36. The molecule has 4 heterocycles. The van der Waals surface area contributed by atoms with Gasteiger partial charge in [0.15, 0.2) is 28.8 Å². The van der Waals surface area contributed by atoms with Crippen LogP contribution < -0.4 is 42.0 Å². The number of aliphatic hydroxyl groups excluding tert-OH is 1. The van der Waals surface area contributed by atoms with Crippen molar-refractivity contribution in [2.75, 3.05) is 44.4 Å². The highest BCUT2D eigenvalue weighted by Crippen LogP contribution is 2.41. The third-order valence-corrected chi connectivity index (χ3v) is 13.8. The van der Waals surface area contributed by atoms with Crippen LogP contribution in [0.4, 0.5) is 21.6 Å². The predicted molar refractivity (Wildman–Crippen MR) is 279 cm³/mol. The van der Waals surface area contributed by atoms with Crippen molar-refractivity contribution in [2.24, 2.45) is 12.5 Å². The molecule has 0 unspecified atom stereocenters. The second-order valence-electron chi connectivity index (χ2n) is 19.7. The van der Waals surface area contributed by atoms with Crippen LogP contribution in [-0.4, -0.2) is 139 Å². The van der Waals surface area contributed by atoms with Crippen LogP contribution in [0.2, 0.25) is 0 Å². The highest BCUT2D eigenvalue weighted by molar-refractivity contribution is 7.13. The van der Waals surface area contributed by atoms with Gasteiger partial charge in [0.25, 0.3) is 11.8 Å². The molecule has 7 amide bonds. The Labute approximate surface area is 442 Å². The number of halogens is 1. The summed E-state index contributed by atoms with van der Waals surface area (Å²) < 4.78 is 22.0. The minimum Gasteiger partial charge on any atom is -0.494 e. The summed E-state index contributed by atoms with van der Waals surface area (Å²) in [6.07, 6.45) is 1.08. The molecular weight excluding hydrogens is 1000 g/mol. The molecule has 76 heavy (non-hydrogen) atoms. The first kappa shape index (κ1) is 55.8. The van der Waals surface area contributed by atoms with Crippen LogP contribution >= 0.6 is 11.3 Å². The number of unbranched alkanes of at least 4 members (excludes halogenated alkanes) is 1. The van der Waals surface area contributed by atoms with Gasteiger partial charge in [-0.15, -0.1) is 21.5 Å². The smallest absolute Gasteiger partial charge is 0.273 e. The lowest BCUT2D eigenvalue weighted by Crippen LogP contribution is -2.59. The maximum absolute atomic E-state index is 14.8. The lowest BCUT2D eigenvalue weighted by atomic mass is 9.85. The zero-order valence-corrected chi connectivity index (χ0v) is 44.1. The van der Waals surface area contributed by atoms with Crippen LogP contribution in [0.15, 0.2) is 60.4 Å². The van der Waals surface area contributed by atoms with E-state index in [1.807, 2.05) is 19.1 Å².